The Kier molecular flexibility index (Phi) is 5.54. The van der Waals surface area contributed by atoms with Crippen molar-refractivity contribution < 1.29 is 13.5 Å². The lowest BCUT2D eigenvalue weighted by molar-refractivity contribution is 0.430. The third-order valence-corrected chi connectivity index (χ3v) is 5.50. The van der Waals surface area contributed by atoms with E-state index in [0.717, 1.165) is 22.1 Å². The van der Waals surface area contributed by atoms with Crippen LogP contribution >= 0.6 is 0 Å². The minimum absolute atomic E-state index is 0.123. The van der Waals surface area contributed by atoms with Crippen LogP contribution in [0.3, 0.4) is 0 Å². The molecule has 0 aliphatic heterocycles. The number of hydrogen-bond donors (Lipinski definition) is 1. The fourth-order valence-corrected chi connectivity index (χ4v) is 3.64. The van der Waals surface area contributed by atoms with Crippen molar-refractivity contribution in [1.29, 1.82) is 0 Å². The number of aryl methyl sites for hydroxylation is 1. The first kappa shape index (κ1) is 20.1. The van der Waals surface area contributed by atoms with Gasteiger partial charge < -0.3 is 18.8 Å². The Hall–Kier alpha value is -3.20. The molecule has 30 heavy (non-hydrogen) atoms. The van der Waals surface area contributed by atoms with Crippen molar-refractivity contribution in [2.24, 2.45) is 7.05 Å². The van der Waals surface area contributed by atoms with Gasteiger partial charge in [-0.1, -0.05) is 24.3 Å². The summed E-state index contributed by atoms with van der Waals surface area (Å²) in [5.74, 6) is 1.29. The Morgan fingerprint density at radius 3 is 2.63 bits per heavy atom. The van der Waals surface area contributed by atoms with Gasteiger partial charge in [0.15, 0.2) is 0 Å². The lowest BCUT2D eigenvalue weighted by Gasteiger charge is -2.20. The minimum atomic E-state index is -2.32. The number of nitrogens with zero attached hydrogens (tertiary/aromatic N) is 2. The number of aromatic amines is 1. The number of rotatable bonds is 6. The molecular weight excluding hydrogens is 402 g/mol. The van der Waals surface area contributed by atoms with Crippen molar-refractivity contribution in [2.45, 2.75) is 6.54 Å². The zero-order valence-electron chi connectivity index (χ0n) is 16.5. The Balaban J connectivity index is 1.89. The summed E-state index contributed by atoms with van der Waals surface area (Å²) in [4.78, 5) is 15.5. The lowest BCUT2D eigenvalue weighted by Crippen LogP contribution is -2.20. The second-order valence-electron chi connectivity index (χ2n) is 6.97. The van der Waals surface area contributed by atoms with Crippen molar-refractivity contribution in [2.75, 3.05) is 7.05 Å². The predicted octanol–water partition coefficient (Wildman–Crippen LogP) is 3.55. The SMILES string of the molecule is CN(Cc1ccc(Oc2ccccc2)c(-c2cn(C)c(=O)c3[nH]ccc23)c1)S(=O)[O-]. The first-order valence-electron chi connectivity index (χ1n) is 9.27. The van der Waals surface area contributed by atoms with Gasteiger partial charge in [0.2, 0.25) is 0 Å². The topological polar surface area (TPSA) is 90.4 Å². The van der Waals surface area contributed by atoms with Crippen LogP contribution in [0.1, 0.15) is 5.56 Å². The zero-order chi connectivity index (χ0) is 21.3. The van der Waals surface area contributed by atoms with Crippen LogP contribution in [-0.2, 0) is 24.9 Å². The van der Waals surface area contributed by atoms with E-state index in [0.29, 0.717) is 17.0 Å². The summed E-state index contributed by atoms with van der Waals surface area (Å²) in [5.41, 5.74) is 2.76. The molecule has 0 saturated heterocycles. The smallest absolute Gasteiger partial charge is 0.274 e. The molecule has 0 radical (unpaired) electrons. The summed E-state index contributed by atoms with van der Waals surface area (Å²) in [5, 5.41) is 0.772. The second-order valence-corrected chi connectivity index (χ2v) is 8.03. The highest BCUT2D eigenvalue weighted by atomic mass is 32.2. The molecule has 2 aromatic heterocycles. The molecule has 0 aliphatic rings. The molecule has 0 amide bonds. The van der Waals surface area contributed by atoms with E-state index >= 15 is 0 Å². The van der Waals surface area contributed by atoms with Crippen molar-refractivity contribution in [3.63, 3.8) is 0 Å². The zero-order valence-corrected chi connectivity index (χ0v) is 17.3. The Bertz CT molecular complexity index is 1280. The molecule has 7 nitrogen and oxygen atoms in total. The first-order valence-corrected chi connectivity index (χ1v) is 10.3. The molecule has 4 aromatic rings. The standard InChI is InChI=1S/C22H21N3O4S/c1-24-14-19(17-10-11-23-21(17)22(24)26)18-12-15(13-25(2)30(27)28)8-9-20(18)29-16-6-4-3-5-7-16/h3-12,14,23H,13H2,1-2H3,(H,27,28)/p-1. The summed E-state index contributed by atoms with van der Waals surface area (Å²) in [6, 6.07) is 16.8. The van der Waals surface area contributed by atoms with Crippen LogP contribution in [0.2, 0.25) is 0 Å². The highest BCUT2D eigenvalue weighted by Gasteiger charge is 2.16. The molecule has 8 heteroatoms. The molecule has 154 valence electrons. The maximum Gasteiger partial charge on any atom is 0.274 e. The van der Waals surface area contributed by atoms with Gasteiger partial charge in [0, 0.05) is 53.8 Å². The molecule has 1 N–H and O–H groups in total. The molecule has 0 saturated carbocycles. The molecule has 4 rings (SSSR count). The van der Waals surface area contributed by atoms with E-state index in [1.54, 1.807) is 19.4 Å². The largest absolute Gasteiger partial charge is 0.760 e. The van der Waals surface area contributed by atoms with Crippen molar-refractivity contribution >= 4 is 22.2 Å². The molecule has 0 bridgehead atoms. The monoisotopic (exact) mass is 422 g/mol. The fraction of sp³-hybridized carbons (Fsp3) is 0.136. The van der Waals surface area contributed by atoms with Crippen LogP contribution in [-0.4, -0.2) is 29.7 Å². The number of para-hydroxylation sites is 1. The van der Waals surface area contributed by atoms with Gasteiger partial charge in [-0.05, 0) is 42.9 Å². The van der Waals surface area contributed by atoms with E-state index < -0.39 is 11.3 Å². The summed E-state index contributed by atoms with van der Waals surface area (Å²) >= 11 is -2.32. The maximum absolute atomic E-state index is 12.5. The minimum Gasteiger partial charge on any atom is -0.760 e. The van der Waals surface area contributed by atoms with E-state index in [2.05, 4.69) is 4.98 Å². The van der Waals surface area contributed by atoms with E-state index in [1.165, 1.54) is 15.9 Å². The Morgan fingerprint density at radius 2 is 1.90 bits per heavy atom. The van der Waals surface area contributed by atoms with Crippen LogP contribution < -0.4 is 10.3 Å². The fourth-order valence-electron chi connectivity index (χ4n) is 3.38. The van der Waals surface area contributed by atoms with Crippen LogP contribution in [0.25, 0.3) is 22.0 Å². The summed E-state index contributed by atoms with van der Waals surface area (Å²) in [6.07, 6.45) is 3.50. The Labute approximate surface area is 176 Å². The molecule has 0 fully saturated rings. The maximum atomic E-state index is 12.5. The second kappa shape index (κ2) is 8.27. The van der Waals surface area contributed by atoms with Crippen LogP contribution in [0, 0.1) is 0 Å². The Morgan fingerprint density at radius 1 is 1.13 bits per heavy atom. The van der Waals surface area contributed by atoms with Gasteiger partial charge in [0.1, 0.15) is 17.0 Å². The van der Waals surface area contributed by atoms with Crippen LogP contribution in [0.4, 0.5) is 0 Å². The van der Waals surface area contributed by atoms with Gasteiger partial charge in [0.05, 0.1) is 0 Å². The molecular formula is C22H20N3O4S-. The van der Waals surface area contributed by atoms with E-state index in [1.807, 2.05) is 54.6 Å². The van der Waals surface area contributed by atoms with Gasteiger partial charge >= 0.3 is 0 Å². The normalized spacial score (nSPS) is 12.4. The van der Waals surface area contributed by atoms with Gasteiger partial charge in [-0.15, -0.1) is 0 Å². The number of ether oxygens (including phenoxy) is 1. The highest BCUT2D eigenvalue weighted by molar-refractivity contribution is 7.76. The molecule has 0 aliphatic carbocycles. The lowest BCUT2D eigenvalue weighted by atomic mass is 10.00. The number of aromatic nitrogens is 2. The predicted molar refractivity (Wildman–Crippen MR) is 116 cm³/mol. The number of fused-ring (bicyclic) bond motifs is 1. The third-order valence-electron chi connectivity index (χ3n) is 4.86. The number of nitrogens with one attached hydrogen (secondary N) is 1. The van der Waals surface area contributed by atoms with Crippen molar-refractivity contribution in [3.05, 3.63) is 82.9 Å². The van der Waals surface area contributed by atoms with Crippen molar-refractivity contribution in [1.82, 2.24) is 13.9 Å². The summed E-state index contributed by atoms with van der Waals surface area (Å²) in [6.45, 7) is 0.219. The van der Waals surface area contributed by atoms with Crippen LogP contribution in [0.5, 0.6) is 11.5 Å². The average molecular weight is 422 g/mol. The summed E-state index contributed by atoms with van der Waals surface area (Å²) in [7, 11) is 3.20. The van der Waals surface area contributed by atoms with E-state index in [4.69, 9.17) is 4.74 Å². The van der Waals surface area contributed by atoms with Crippen molar-refractivity contribution in [3.8, 4) is 22.6 Å². The van der Waals surface area contributed by atoms with Gasteiger partial charge in [0.25, 0.3) is 5.56 Å². The summed E-state index contributed by atoms with van der Waals surface area (Å²) < 4.78 is 31.4. The molecule has 1 atom stereocenters. The highest BCUT2D eigenvalue weighted by Crippen LogP contribution is 2.37. The van der Waals surface area contributed by atoms with E-state index in [9.17, 15) is 13.6 Å². The van der Waals surface area contributed by atoms with Gasteiger partial charge in [-0.2, -0.15) is 0 Å². The van der Waals surface area contributed by atoms with E-state index in [-0.39, 0.29) is 12.1 Å². The van der Waals surface area contributed by atoms with Gasteiger partial charge in [-0.25, -0.2) is 4.31 Å². The number of H-pyrrole nitrogens is 1. The molecule has 1 unspecified atom stereocenters. The number of pyridine rings is 1. The van der Waals surface area contributed by atoms with Gasteiger partial charge in [-0.3, -0.25) is 9.00 Å². The molecule has 0 spiro atoms. The molecule has 2 heterocycles. The quantitative estimate of drug-likeness (QED) is 0.481. The third kappa shape index (κ3) is 3.93. The average Bonchev–Trinajstić information content (AvgIpc) is 3.23. The number of benzene rings is 2. The first-order chi connectivity index (χ1) is 14.4. The van der Waals surface area contributed by atoms with Crippen LogP contribution in [0.15, 0.2) is 71.8 Å². The number of hydrogen-bond acceptors (Lipinski definition) is 4. The molecule has 2 aromatic carbocycles.